The van der Waals surface area contributed by atoms with Gasteiger partial charge in [-0.1, -0.05) is 0 Å². The molecule has 4 heteroatoms. The molecule has 0 aliphatic carbocycles. The second kappa shape index (κ2) is 4.76. The van der Waals surface area contributed by atoms with Gasteiger partial charge in [-0.2, -0.15) is 0 Å². The fourth-order valence-corrected chi connectivity index (χ4v) is 4.33. The Kier molecular flexibility index (Phi) is 3.59. The van der Waals surface area contributed by atoms with E-state index >= 15 is 0 Å². The second-order valence-electron chi connectivity index (χ2n) is 4.17. The molecule has 1 aromatic heterocycles. The van der Waals surface area contributed by atoms with Gasteiger partial charge in [-0.3, -0.25) is 4.21 Å². The third-order valence-corrected chi connectivity index (χ3v) is 5.23. The summed E-state index contributed by atoms with van der Waals surface area (Å²) in [5, 5.41) is 3.56. The van der Waals surface area contributed by atoms with Gasteiger partial charge in [-0.15, -0.1) is 11.3 Å². The Bertz CT molecular complexity index is 361. The standard InChI is InChI=1S/C11H17NOS2/c1-8-5-6-15(13)7-10(12-8)11-4-3-9(2)14-11/h3-4,8,10,12H,5-7H2,1-2H3. The average Bonchev–Trinajstić information content (AvgIpc) is 2.53. The topological polar surface area (TPSA) is 29.1 Å². The third kappa shape index (κ3) is 2.89. The molecule has 1 saturated heterocycles. The fraction of sp³-hybridized carbons (Fsp3) is 0.636. The highest BCUT2D eigenvalue weighted by atomic mass is 32.2. The van der Waals surface area contributed by atoms with Crippen molar-refractivity contribution in [3.63, 3.8) is 0 Å². The lowest BCUT2D eigenvalue weighted by atomic mass is 10.2. The lowest BCUT2D eigenvalue weighted by molar-refractivity contribution is 0.489. The van der Waals surface area contributed by atoms with E-state index in [0.717, 1.165) is 17.9 Å². The van der Waals surface area contributed by atoms with Crippen LogP contribution in [0.3, 0.4) is 0 Å². The quantitative estimate of drug-likeness (QED) is 0.819. The van der Waals surface area contributed by atoms with Crippen LogP contribution >= 0.6 is 11.3 Å². The summed E-state index contributed by atoms with van der Waals surface area (Å²) in [6, 6.07) is 5.07. The van der Waals surface area contributed by atoms with Crippen molar-refractivity contribution >= 4 is 22.1 Å². The van der Waals surface area contributed by atoms with Crippen LogP contribution in [-0.2, 0) is 10.8 Å². The average molecular weight is 243 g/mol. The molecule has 1 aliphatic rings. The zero-order valence-electron chi connectivity index (χ0n) is 9.16. The fourth-order valence-electron chi connectivity index (χ4n) is 1.86. The number of hydrogen-bond acceptors (Lipinski definition) is 3. The van der Waals surface area contributed by atoms with Gasteiger partial charge in [0.25, 0.3) is 0 Å². The Labute approximate surface area is 97.5 Å². The predicted molar refractivity (Wildman–Crippen MR) is 66.9 cm³/mol. The summed E-state index contributed by atoms with van der Waals surface area (Å²) in [5.41, 5.74) is 0. The first kappa shape index (κ1) is 11.3. The van der Waals surface area contributed by atoms with Crippen molar-refractivity contribution in [2.75, 3.05) is 11.5 Å². The molecule has 0 amide bonds. The van der Waals surface area contributed by atoms with Gasteiger partial charge >= 0.3 is 0 Å². The Hall–Kier alpha value is -0.190. The summed E-state index contributed by atoms with van der Waals surface area (Å²) in [6.07, 6.45) is 1.02. The largest absolute Gasteiger partial charge is 0.306 e. The molecule has 2 nitrogen and oxygen atoms in total. The lowest BCUT2D eigenvalue weighted by Gasteiger charge is -2.17. The van der Waals surface area contributed by atoms with Crippen LogP contribution in [0.4, 0.5) is 0 Å². The van der Waals surface area contributed by atoms with Gasteiger partial charge in [-0.05, 0) is 32.4 Å². The third-order valence-electron chi connectivity index (χ3n) is 2.72. The maximum absolute atomic E-state index is 11.7. The maximum atomic E-state index is 11.7. The van der Waals surface area contributed by atoms with E-state index in [2.05, 4.69) is 31.3 Å². The minimum absolute atomic E-state index is 0.294. The van der Waals surface area contributed by atoms with E-state index < -0.39 is 10.8 Å². The molecule has 2 rings (SSSR count). The molecule has 1 aliphatic heterocycles. The molecule has 2 heterocycles. The van der Waals surface area contributed by atoms with Crippen LogP contribution in [0, 0.1) is 6.92 Å². The van der Waals surface area contributed by atoms with Crippen molar-refractivity contribution < 1.29 is 4.21 Å². The molecule has 3 atom stereocenters. The minimum Gasteiger partial charge on any atom is -0.306 e. The highest BCUT2D eigenvalue weighted by Gasteiger charge is 2.22. The van der Waals surface area contributed by atoms with Gasteiger partial charge in [0.05, 0.1) is 6.04 Å². The van der Waals surface area contributed by atoms with Crippen LogP contribution in [0.1, 0.15) is 29.1 Å². The monoisotopic (exact) mass is 243 g/mol. The number of aryl methyl sites for hydroxylation is 1. The number of rotatable bonds is 1. The molecule has 0 spiro atoms. The molecule has 0 aromatic carbocycles. The van der Waals surface area contributed by atoms with Crippen molar-refractivity contribution in [2.24, 2.45) is 0 Å². The van der Waals surface area contributed by atoms with Gasteiger partial charge in [-0.25, -0.2) is 0 Å². The highest BCUT2D eigenvalue weighted by molar-refractivity contribution is 7.85. The predicted octanol–water partition coefficient (Wildman–Crippen LogP) is 2.23. The van der Waals surface area contributed by atoms with Gasteiger partial charge in [0.1, 0.15) is 0 Å². The van der Waals surface area contributed by atoms with Gasteiger partial charge in [0, 0.05) is 38.1 Å². The lowest BCUT2D eigenvalue weighted by Crippen LogP contribution is -2.30. The highest BCUT2D eigenvalue weighted by Crippen LogP contribution is 2.25. The van der Waals surface area contributed by atoms with Gasteiger partial charge in [0.2, 0.25) is 0 Å². The van der Waals surface area contributed by atoms with Crippen LogP contribution in [0.25, 0.3) is 0 Å². The van der Waals surface area contributed by atoms with Crippen molar-refractivity contribution in [3.05, 3.63) is 21.9 Å². The zero-order valence-corrected chi connectivity index (χ0v) is 10.8. The Balaban J connectivity index is 2.16. The molecular formula is C11H17NOS2. The van der Waals surface area contributed by atoms with E-state index in [-0.39, 0.29) is 0 Å². The molecular weight excluding hydrogens is 226 g/mol. The van der Waals surface area contributed by atoms with Crippen LogP contribution in [-0.4, -0.2) is 21.8 Å². The van der Waals surface area contributed by atoms with E-state index in [9.17, 15) is 4.21 Å². The molecule has 0 bridgehead atoms. The van der Waals surface area contributed by atoms with E-state index in [1.165, 1.54) is 9.75 Å². The summed E-state index contributed by atoms with van der Waals surface area (Å²) >= 11 is 1.81. The summed E-state index contributed by atoms with van der Waals surface area (Å²) in [6.45, 7) is 4.29. The molecule has 84 valence electrons. The number of thiophene rings is 1. The van der Waals surface area contributed by atoms with E-state index in [1.807, 2.05) is 11.3 Å². The zero-order chi connectivity index (χ0) is 10.8. The Morgan fingerprint density at radius 3 is 3.00 bits per heavy atom. The van der Waals surface area contributed by atoms with E-state index in [4.69, 9.17) is 0 Å². The first-order valence-electron chi connectivity index (χ1n) is 5.32. The van der Waals surface area contributed by atoms with Gasteiger partial charge in [0.15, 0.2) is 0 Å². The van der Waals surface area contributed by atoms with Crippen LogP contribution in [0.5, 0.6) is 0 Å². The first-order valence-corrected chi connectivity index (χ1v) is 7.63. The van der Waals surface area contributed by atoms with Crippen molar-refractivity contribution in [1.29, 1.82) is 0 Å². The van der Waals surface area contributed by atoms with Crippen molar-refractivity contribution in [2.45, 2.75) is 32.4 Å². The number of hydrogen-bond donors (Lipinski definition) is 1. The molecule has 1 N–H and O–H groups in total. The minimum atomic E-state index is -0.655. The summed E-state index contributed by atoms with van der Waals surface area (Å²) in [4.78, 5) is 2.66. The molecule has 1 fully saturated rings. The molecule has 3 unspecified atom stereocenters. The molecule has 0 saturated carbocycles. The smallest absolute Gasteiger partial charge is 0.0533 e. The maximum Gasteiger partial charge on any atom is 0.0533 e. The summed E-state index contributed by atoms with van der Waals surface area (Å²) in [7, 11) is -0.655. The van der Waals surface area contributed by atoms with Crippen molar-refractivity contribution in [1.82, 2.24) is 5.32 Å². The van der Waals surface area contributed by atoms with Crippen LogP contribution in [0.15, 0.2) is 12.1 Å². The molecule has 0 radical (unpaired) electrons. The van der Waals surface area contributed by atoms with E-state index in [0.29, 0.717) is 12.1 Å². The number of nitrogens with one attached hydrogen (secondary N) is 1. The first-order chi connectivity index (χ1) is 7.15. The van der Waals surface area contributed by atoms with Crippen molar-refractivity contribution in [3.8, 4) is 0 Å². The summed E-state index contributed by atoms with van der Waals surface area (Å²) < 4.78 is 11.7. The Morgan fingerprint density at radius 2 is 2.33 bits per heavy atom. The Morgan fingerprint density at radius 1 is 1.53 bits per heavy atom. The van der Waals surface area contributed by atoms with Crippen LogP contribution < -0.4 is 5.32 Å². The van der Waals surface area contributed by atoms with E-state index in [1.54, 1.807) is 0 Å². The van der Waals surface area contributed by atoms with Crippen LogP contribution in [0.2, 0.25) is 0 Å². The normalized spacial score (nSPS) is 32.5. The molecule has 1 aromatic rings. The SMILES string of the molecule is Cc1ccc(C2CS(=O)CCC(C)N2)s1. The van der Waals surface area contributed by atoms with Gasteiger partial charge < -0.3 is 5.32 Å². The molecule has 15 heavy (non-hydrogen) atoms. The summed E-state index contributed by atoms with van der Waals surface area (Å²) in [5.74, 6) is 1.61. The second-order valence-corrected chi connectivity index (χ2v) is 7.11.